The predicted octanol–water partition coefficient (Wildman–Crippen LogP) is 2.83. The van der Waals surface area contributed by atoms with Gasteiger partial charge in [0.2, 0.25) is 0 Å². The van der Waals surface area contributed by atoms with Crippen molar-refractivity contribution in [2.45, 2.75) is 50.4 Å². The van der Waals surface area contributed by atoms with E-state index in [1.54, 1.807) is 11.3 Å². The molecule has 0 aliphatic carbocycles. The molecular weight excluding hydrogens is 294 g/mol. The molecule has 2 aliphatic heterocycles. The van der Waals surface area contributed by atoms with Gasteiger partial charge < -0.3 is 5.11 Å². The lowest BCUT2D eigenvalue weighted by molar-refractivity contribution is 0.0297. The fraction of sp³-hybridized carbons (Fsp3) is 0.571. The summed E-state index contributed by atoms with van der Waals surface area (Å²) in [6, 6.07) is 2.92. The van der Waals surface area contributed by atoms with E-state index in [0.717, 1.165) is 35.4 Å². The van der Waals surface area contributed by atoms with Gasteiger partial charge in [-0.25, -0.2) is 9.97 Å². The standard InChI is InChI=1S/C14H16ClN3OS/c15-13-11-3-4-20-14(11)17-12(16-13)7-18-8-1-2-9(18)6-10(19)5-8/h3-4,8-10,19H,1-2,5-7H2. The number of thiophene rings is 1. The Morgan fingerprint density at radius 3 is 2.80 bits per heavy atom. The van der Waals surface area contributed by atoms with Crippen LogP contribution in [0.1, 0.15) is 31.5 Å². The average molecular weight is 310 g/mol. The molecule has 2 bridgehead atoms. The largest absolute Gasteiger partial charge is 0.393 e. The van der Waals surface area contributed by atoms with Crippen molar-refractivity contribution in [1.82, 2.24) is 14.9 Å². The minimum atomic E-state index is -0.131. The van der Waals surface area contributed by atoms with Crippen LogP contribution < -0.4 is 0 Å². The Morgan fingerprint density at radius 1 is 1.30 bits per heavy atom. The number of aliphatic hydroxyl groups excluding tert-OH is 1. The Hall–Kier alpha value is -0.750. The summed E-state index contributed by atoms with van der Waals surface area (Å²) in [5, 5.41) is 13.3. The van der Waals surface area contributed by atoms with E-state index in [1.165, 1.54) is 12.8 Å². The fourth-order valence-corrected chi connectivity index (χ4v) is 4.69. The Balaban J connectivity index is 1.61. The molecule has 4 nitrogen and oxygen atoms in total. The molecule has 2 aromatic rings. The van der Waals surface area contributed by atoms with Gasteiger partial charge >= 0.3 is 0 Å². The first kappa shape index (κ1) is 13.0. The van der Waals surface area contributed by atoms with E-state index >= 15 is 0 Å². The van der Waals surface area contributed by atoms with Crippen molar-refractivity contribution in [1.29, 1.82) is 0 Å². The molecule has 106 valence electrons. The number of nitrogens with zero attached hydrogens (tertiary/aromatic N) is 3. The van der Waals surface area contributed by atoms with Gasteiger partial charge in [0, 0.05) is 17.5 Å². The lowest BCUT2D eigenvalue weighted by atomic mass is 10.00. The maximum atomic E-state index is 9.85. The third-order valence-corrected chi connectivity index (χ3v) is 5.60. The van der Waals surface area contributed by atoms with Crippen LogP contribution in [0.2, 0.25) is 5.15 Å². The van der Waals surface area contributed by atoms with Gasteiger partial charge in [-0.1, -0.05) is 11.6 Å². The van der Waals surface area contributed by atoms with Gasteiger partial charge in [0.15, 0.2) is 0 Å². The van der Waals surface area contributed by atoms with Gasteiger partial charge in [-0.05, 0) is 37.1 Å². The van der Waals surface area contributed by atoms with Crippen molar-refractivity contribution in [3.63, 3.8) is 0 Å². The van der Waals surface area contributed by atoms with Gasteiger partial charge in [-0.2, -0.15) is 0 Å². The normalized spacial score (nSPS) is 30.2. The summed E-state index contributed by atoms with van der Waals surface area (Å²) in [5.41, 5.74) is 0. The quantitative estimate of drug-likeness (QED) is 0.867. The van der Waals surface area contributed by atoms with Crippen LogP contribution in [0, 0.1) is 0 Å². The molecule has 20 heavy (non-hydrogen) atoms. The van der Waals surface area contributed by atoms with Crippen LogP contribution in [0.3, 0.4) is 0 Å². The molecule has 2 aromatic heterocycles. The van der Waals surface area contributed by atoms with E-state index in [4.69, 9.17) is 11.6 Å². The summed E-state index contributed by atoms with van der Waals surface area (Å²) >= 11 is 7.83. The molecule has 2 atom stereocenters. The number of fused-ring (bicyclic) bond motifs is 3. The zero-order valence-corrected chi connectivity index (χ0v) is 12.6. The van der Waals surface area contributed by atoms with Crippen molar-refractivity contribution in [3.05, 3.63) is 22.4 Å². The van der Waals surface area contributed by atoms with Gasteiger partial charge in [0.1, 0.15) is 15.8 Å². The van der Waals surface area contributed by atoms with Crippen LogP contribution in [-0.2, 0) is 6.54 Å². The number of piperidine rings is 1. The van der Waals surface area contributed by atoms with E-state index in [9.17, 15) is 5.11 Å². The molecule has 4 rings (SSSR count). The minimum Gasteiger partial charge on any atom is -0.393 e. The lowest BCUT2D eigenvalue weighted by Gasteiger charge is -2.36. The van der Waals surface area contributed by atoms with E-state index in [1.807, 2.05) is 11.4 Å². The smallest absolute Gasteiger partial charge is 0.145 e. The molecule has 6 heteroatoms. The van der Waals surface area contributed by atoms with Crippen LogP contribution in [0.4, 0.5) is 0 Å². The van der Waals surface area contributed by atoms with E-state index in [0.29, 0.717) is 17.2 Å². The van der Waals surface area contributed by atoms with Crippen LogP contribution in [0.15, 0.2) is 11.4 Å². The first-order valence-electron chi connectivity index (χ1n) is 7.04. The Labute approximate surface area is 126 Å². The van der Waals surface area contributed by atoms with Gasteiger partial charge in [-0.3, -0.25) is 4.90 Å². The van der Waals surface area contributed by atoms with Crippen molar-refractivity contribution >= 4 is 33.2 Å². The van der Waals surface area contributed by atoms with Gasteiger partial charge in [0.05, 0.1) is 12.6 Å². The third kappa shape index (κ3) is 2.13. The molecule has 2 aliphatic rings. The SMILES string of the molecule is OC1CC2CCC(C1)N2Cc1nc(Cl)c2ccsc2n1. The Bertz CT molecular complexity index is 632. The number of aliphatic hydroxyl groups is 1. The van der Waals surface area contributed by atoms with Crippen molar-refractivity contribution < 1.29 is 5.11 Å². The highest BCUT2D eigenvalue weighted by Crippen LogP contribution is 2.36. The molecular formula is C14H16ClN3OS. The molecule has 2 unspecified atom stereocenters. The summed E-state index contributed by atoms with van der Waals surface area (Å²) in [4.78, 5) is 12.5. The number of hydrogen-bond donors (Lipinski definition) is 1. The second-order valence-corrected chi connectivity index (χ2v) is 7.01. The highest BCUT2D eigenvalue weighted by molar-refractivity contribution is 7.16. The molecule has 0 aromatic carbocycles. The molecule has 0 spiro atoms. The molecule has 0 saturated carbocycles. The van der Waals surface area contributed by atoms with Crippen molar-refractivity contribution in [3.8, 4) is 0 Å². The zero-order chi connectivity index (χ0) is 13.7. The molecule has 1 N–H and O–H groups in total. The van der Waals surface area contributed by atoms with Crippen LogP contribution in [-0.4, -0.2) is 38.2 Å². The third-order valence-electron chi connectivity index (χ3n) is 4.51. The van der Waals surface area contributed by atoms with E-state index in [-0.39, 0.29) is 6.10 Å². The number of halogens is 1. The zero-order valence-electron chi connectivity index (χ0n) is 11.0. The number of hydrogen-bond acceptors (Lipinski definition) is 5. The summed E-state index contributed by atoms with van der Waals surface area (Å²) < 4.78 is 0. The minimum absolute atomic E-state index is 0.131. The summed E-state index contributed by atoms with van der Waals surface area (Å²) in [5.74, 6) is 0.804. The molecule has 2 fully saturated rings. The summed E-state index contributed by atoms with van der Waals surface area (Å²) in [7, 11) is 0. The maximum absolute atomic E-state index is 9.85. The Morgan fingerprint density at radius 2 is 2.05 bits per heavy atom. The van der Waals surface area contributed by atoms with Crippen LogP contribution in [0.25, 0.3) is 10.2 Å². The Kier molecular flexibility index (Phi) is 3.18. The second kappa shape index (κ2) is 4.91. The van der Waals surface area contributed by atoms with E-state index < -0.39 is 0 Å². The van der Waals surface area contributed by atoms with Gasteiger partial charge in [0.25, 0.3) is 0 Å². The molecule has 0 amide bonds. The first-order valence-corrected chi connectivity index (χ1v) is 8.30. The topological polar surface area (TPSA) is 49.2 Å². The fourth-order valence-electron chi connectivity index (χ4n) is 3.60. The second-order valence-electron chi connectivity index (χ2n) is 5.75. The number of rotatable bonds is 2. The van der Waals surface area contributed by atoms with Gasteiger partial charge in [-0.15, -0.1) is 11.3 Å². The maximum Gasteiger partial charge on any atom is 0.145 e. The monoisotopic (exact) mass is 309 g/mol. The lowest BCUT2D eigenvalue weighted by Crippen LogP contribution is -2.44. The average Bonchev–Trinajstić information content (AvgIpc) is 2.95. The summed E-state index contributed by atoms with van der Waals surface area (Å²) in [6.07, 6.45) is 3.98. The van der Waals surface area contributed by atoms with Crippen LogP contribution in [0.5, 0.6) is 0 Å². The molecule has 2 saturated heterocycles. The predicted molar refractivity (Wildman–Crippen MR) is 80.0 cm³/mol. The van der Waals surface area contributed by atoms with E-state index in [2.05, 4.69) is 14.9 Å². The van der Waals surface area contributed by atoms with Crippen molar-refractivity contribution in [2.75, 3.05) is 0 Å². The highest BCUT2D eigenvalue weighted by Gasteiger charge is 2.40. The first-order chi connectivity index (χ1) is 9.70. The van der Waals surface area contributed by atoms with Crippen molar-refractivity contribution in [2.24, 2.45) is 0 Å². The highest BCUT2D eigenvalue weighted by atomic mass is 35.5. The van der Waals surface area contributed by atoms with Crippen LogP contribution >= 0.6 is 22.9 Å². The molecule has 0 radical (unpaired) electrons. The number of aromatic nitrogens is 2. The summed E-state index contributed by atoms with van der Waals surface area (Å²) in [6.45, 7) is 0.746. The molecule has 4 heterocycles.